The molecule has 0 aliphatic carbocycles. The van der Waals surface area contributed by atoms with Crippen molar-refractivity contribution in [3.05, 3.63) is 35.9 Å². The van der Waals surface area contributed by atoms with Gasteiger partial charge in [0.1, 0.15) is 0 Å². The highest BCUT2D eigenvalue weighted by molar-refractivity contribution is 5.79. The van der Waals surface area contributed by atoms with E-state index in [0.717, 1.165) is 64.7 Å². The highest BCUT2D eigenvalue weighted by atomic mass is 15.3. The fourth-order valence-corrected chi connectivity index (χ4v) is 3.59. The second-order valence-electron chi connectivity index (χ2n) is 8.37. The summed E-state index contributed by atoms with van der Waals surface area (Å²) >= 11 is 0. The lowest BCUT2D eigenvalue weighted by Crippen LogP contribution is -2.49. The molecule has 29 heavy (non-hydrogen) atoms. The minimum atomic E-state index is 0.482. The van der Waals surface area contributed by atoms with Gasteiger partial charge in [0.2, 0.25) is 0 Å². The van der Waals surface area contributed by atoms with Crippen LogP contribution in [-0.2, 0) is 6.54 Å². The van der Waals surface area contributed by atoms with Gasteiger partial charge in [-0.15, -0.1) is 0 Å². The smallest absolute Gasteiger partial charge is 0.191 e. The molecule has 0 aromatic heterocycles. The third kappa shape index (κ3) is 8.72. The van der Waals surface area contributed by atoms with Gasteiger partial charge in [0, 0.05) is 57.9 Å². The van der Waals surface area contributed by atoms with Gasteiger partial charge in [-0.1, -0.05) is 30.3 Å². The molecule has 0 spiro atoms. The zero-order valence-corrected chi connectivity index (χ0v) is 19.2. The minimum Gasteiger partial charge on any atom is -0.357 e. The van der Waals surface area contributed by atoms with Crippen LogP contribution in [0.25, 0.3) is 0 Å². The van der Waals surface area contributed by atoms with E-state index in [-0.39, 0.29) is 0 Å². The van der Waals surface area contributed by atoms with Crippen molar-refractivity contribution in [3.63, 3.8) is 0 Å². The van der Waals surface area contributed by atoms with Crippen molar-refractivity contribution < 1.29 is 0 Å². The van der Waals surface area contributed by atoms with E-state index in [1.54, 1.807) is 0 Å². The molecule has 1 aromatic carbocycles. The average Bonchev–Trinajstić information content (AvgIpc) is 2.72. The molecule has 1 aliphatic heterocycles. The van der Waals surface area contributed by atoms with E-state index in [1.807, 2.05) is 0 Å². The Kier molecular flexibility index (Phi) is 10.5. The Morgan fingerprint density at radius 2 is 1.79 bits per heavy atom. The number of nitrogens with zero attached hydrogens (tertiary/aromatic N) is 4. The Balaban J connectivity index is 1.73. The number of likely N-dealkylation sites (N-methyl/N-ethyl adjacent to an activating group) is 1. The summed E-state index contributed by atoms with van der Waals surface area (Å²) in [6.45, 7) is 14.9. The van der Waals surface area contributed by atoms with E-state index in [4.69, 9.17) is 4.99 Å². The van der Waals surface area contributed by atoms with Crippen LogP contribution in [0.2, 0.25) is 0 Å². The van der Waals surface area contributed by atoms with Gasteiger partial charge in [-0.3, -0.25) is 14.8 Å². The molecule has 1 fully saturated rings. The van der Waals surface area contributed by atoms with Crippen LogP contribution < -0.4 is 10.6 Å². The molecule has 1 aromatic rings. The van der Waals surface area contributed by atoms with Crippen LogP contribution in [0.4, 0.5) is 0 Å². The molecule has 6 heteroatoms. The molecule has 2 atom stereocenters. The van der Waals surface area contributed by atoms with Gasteiger partial charge >= 0.3 is 0 Å². The number of hydrogen-bond donors (Lipinski definition) is 2. The van der Waals surface area contributed by atoms with Gasteiger partial charge in [0.15, 0.2) is 5.96 Å². The standard InChI is InChI=1S/C23H42N6/c1-6-24-23(26-18-21(3)29-16-14-27(4)15-17-29)25-13-12-20(2)28(5)19-22-10-8-7-9-11-22/h7-11,20-21H,6,12-19H2,1-5H3,(H2,24,25,26). The Labute approximate surface area is 178 Å². The first-order valence-corrected chi connectivity index (χ1v) is 11.2. The van der Waals surface area contributed by atoms with Gasteiger partial charge < -0.3 is 15.5 Å². The number of benzene rings is 1. The summed E-state index contributed by atoms with van der Waals surface area (Å²) in [6.07, 6.45) is 1.09. The third-order valence-corrected chi connectivity index (χ3v) is 5.90. The predicted octanol–water partition coefficient (Wildman–Crippen LogP) is 2.09. The number of aliphatic imine (C=N–C) groups is 1. The predicted molar refractivity (Wildman–Crippen MR) is 125 cm³/mol. The summed E-state index contributed by atoms with van der Waals surface area (Å²) in [5.41, 5.74) is 1.36. The topological polar surface area (TPSA) is 46.1 Å². The highest BCUT2D eigenvalue weighted by Crippen LogP contribution is 2.08. The largest absolute Gasteiger partial charge is 0.357 e. The normalized spacial score (nSPS) is 18.6. The Bertz CT molecular complexity index is 582. The average molecular weight is 403 g/mol. The summed E-state index contributed by atoms with van der Waals surface area (Å²) < 4.78 is 0. The molecule has 0 saturated carbocycles. The molecule has 2 N–H and O–H groups in total. The molecule has 1 aliphatic rings. The van der Waals surface area contributed by atoms with Crippen molar-refractivity contribution in [2.24, 2.45) is 4.99 Å². The molecule has 2 unspecified atom stereocenters. The maximum absolute atomic E-state index is 4.84. The quantitative estimate of drug-likeness (QED) is 0.464. The van der Waals surface area contributed by atoms with Crippen molar-refractivity contribution in [2.75, 3.05) is 59.9 Å². The first-order chi connectivity index (χ1) is 14.0. The number of nitrogens with one attached hydrogen (secondary N) is 2. The molecule has 1 heterocycles. The van der Waals surface area contributed by atoms with Crippen molar-refractivity contribution in [1.82, 2.24) is 25.3 Å². The van der Waals surface area contributed by atoms with E-state index in [1.165, 1.54) is 5.56 Å². The van der Waals surface area contributed by atoms with Crippen LogP contribution in [-0.4, -0.2) is 92.7 Å². The maximum Gasteiger partial charge on any atom is 0.191 e. The number of hydrogen-bond acceptors (Lipinski definition) is 4. The van der Waals surface area contributed by atoms with E-state index in [0.29, 0.717) is 12.1 Å². The van der Waals surface area contributed by atoms with Crippen LogP contribution in [0.15, 0.2) is 35.3 Å². The fraction of sp³-hybridized carbons (Fsp3) is 0.696. The van der Waals surface area contributed by atoms with Crippen molar-refractivity contribution in [2.45, 2.75) is 45.8 Å². The van der Waals surface area contributed by atoms with Crippen LogP contribution >= 0.6 is 0 Å². The van der Waals surface area contributed by atoms with Crippen molar-refractivity contribution >= 4 is 5.96 Å². The molecule has 0 bridgehead atoms. The van der Waals surface area contributed by atoms with E-state index in [9.17, 15) is 0 Å². The summed E-state index contributed by atoms with van der Waals surface area (Å²) in [5, 5.41) is 6.91. The van der Waals surface area contributed by atoms with Crippen LogP contribution in [0.3, 0.4) is 0 Å². The van der Waals surface area contributed by atoms with E-state index >= 15 is 0 Å². The van der Waals surface area contributed by atoms with E-state index < -0.39 is 0 Å². The lowest BCUT2D eigenvalue weighted by molar-refractivity contribution is 0.122. The second kappa shape index (κ2) is 12.8. The fourth-order valence-electron chi connectivity index (χ4n) is 3.59. The summed E-state index contributed by atoms with van der Waals surface area (Å²) in [4.78, 5) is 12.2. The highest BCUT2D eigenvalue weighted by Gasteiger charge is 2.18. The monoisotopic (exact) mass is 402 g/mol. The first-order valence-electron chi connectivity index (χ1n) is 11.2. The van der Waals surface area contributed by atoms with Crippen LogP contribution in [0, 0.1) is 0 Å². The third-order valence-electron chi connectivity index (χ3n) is 5.90. The minimum absolute atomic E-state index is 0.482. The molecule has 0 radical (unpaired) electrons. The molecule has 1 saturated heterocycles. The zero-order valence-electron chi connectivity index (χ0n) is 19.2. The molecule has 164 valence electrons. The summed E-state index contributed by atoms with van der Waals surface area (Å²) in [6, 6.07) is 11.7. The van der Waals surface area contributed by atoms with Crippen LogP contribution in [0.5, 0.6) is 0 Å². The summed E-state index contributed by atoms with van der Waals surface area (Å²) in [7, 11) is 4.40. The van der Waals surface area contributed by atoms with Gasteiger partial charge in [-0.25, -0.2) is 0 Å². The van der Waals surface area contributed by atoms with Gasteiger partial charge in [-0.2, -0.15) is 0 Å². The molecular weight excluding hydrogens is 360 g/mol. The van der Waals surface area contributed by atoms with Crippen molar-refractivity contribution in [3.8, 4) is 0 Å². The summed E-state index contributed by atoms with van der Waals surface area (Å²) in [5.74, 6) is 0.936. The zero-order chi connectivity index (χ0) is 21.1. The molecular formula is C23H42N6. The molecule has 0 amide bonds. The molecule has 2 rings (SSSR count). The SMILES string of the molecule is CCNC(=NCC(C)N1CCN(C)CC1)NCCC(C)N(C)Cc1ccccc1. The number of piperazine rings is 1. The van der Waals surface area contributed by atoms with Gasteiger partial charge in [0.05, 0.1) is 6.54 Å². The first kappa shape index (κ1) is 23.6. The molecule has 6 nitrogen and oxygen atoms in total. The Hall–Kier alpha value is -1.63. The van der Waals surface area contributed by atoms with Crippen LogP contribution in [0.1, 0.15) is 32.8 Å². The number of rotatable bonds is 10. The van der Waals surface area contributed by atoms with Gasteiger partial charge in [-0.05, 0) is 46.9 Å². The lowest BCUT2D eigenvalue weighted by Gasteiger charge is -2.35. The Morgan fingerprint density at radius 1 is 1.10 bits per heavy atom. The second-order valence-corrected chi connectivity index (χ2v) is 8.37. The van der Waals surface area contributed by atoms with Crippen molar-refractivity contribution in [1.29, 1.82) is 0 Å². The van der Waals surface area contributed by atoms with Gasteiger partial charge in [0.25, 0.3) is 0 Å². The lowest BCUT2D eigenvalue weighted by atomic mass is 10.1. The number of guanidine groups is 1. The maximum atomic E-state index is 4.84. The Morgan fingerprint density at radius 3 is 2.45 bits per heavy atom. The van der Waals surface area contributed by atoms with E-state index in [2.05, 4.69) is 90.5 Å².